The van der Waals surface area contributed by atoms with Crippen molar-refractivity contribution in [1.82, 2.24) is 4.90 Å². The third-order valence-electron chi connectivity index (χ3n) is 2.06. The van der Waals surface area contributed by atoms with Gasteiger partial charge in [0.25, 0.3) is 0 Å². The Kier molecular flexibility index (Phi) is 4.84. The van der Waals surface area contributed by atoms with E-state index in [9.17, 15) is 9.18 Å². The van der Waals surface area contributed by atoms with Crippen molar-refractivity contribution >= 4 is 11.6 Å². The number of likely N-dealkylation sites (N-methyl/N-ethyl adjacent to an activating group) is 1. The highest BCUT2D eigenvalue weighted by Gasteiger charge is 2.07. The Morgan fingerprint density at radius 1 is 1.47 bits per heavy atom. The summed E-state index contributed by atoms with van der Waals surface area (Å²) in [5.74, 6) is -0.530. The lowest BCUT2D eigenvalue weighted by atomic mass is 10.3. The van der Waals surface area contributed by atoms with Gasteiger partial charge in [-0.05, 0) is 32.2 Å². The van der Waals surface area contributed by atoms with Crippen molar-refractivity contribution in [3.63, 3.8) is 0 Å². The van der Waals surface area contributed by atoms with Crippen molar-refractivity contribution < 1.29 is 9.18 Å². The number of carbonyl (C=O) groups excluding carboxylic acids is 1. The van der Waals surface area contributed by atoms with E-state index in [0.29, 0.717) is 12.2 Å². The fraction of sp³-hybridized carbons (Fsp3) is 0.308. The second kappa shape index (κ2) is 6.15. The van der Waals surface area contributed by atoms with E-state index >= 15 is 0 Å². The maximum absolute atomic E-state index is 12.9. The number of hydrogen-bond donors (Lipinski definition) is 1. The van der Waals surface area contributed by atoms with Crippen molar-refractivity contribution in [2.75, 3.05) is 25.5 Å². The molecule has 1 amide bonds. The number of halogens is 1. The van der Waals surface area contributed by atoms with Crippen LogP contribution in [-0.4, -0.2) is 30.9 Å². The van der Waals surface area contributed by atoms with Gasteiger partial charge >= 0.3 is 0 Å². The number of amides is 1. The van der Waals surface area contributed by atoms with Crippen LogP contribution in [0.5, 0.6) is 0 Å². The molecule has 1 N–H and O–H groups in total. The zero-order valence-corrected chi connectivity index (χ0v) is 10.2. The zero-order valence-electron chi connectivity index (χ0n) is 10.2. The Balaban J connectivity index is 2.47. The van der Waals surface area contributed by atoms with E-state index in [1.807, 2.05) is 18.9 Å². The molecule has 4 heteroatoms. The summed E-state index contributed by atoms with van der Waals surface area (Å²) in [6, 6.07) is 5.84. The summed E-state index contributed by atoms with van der Waals surface area (Å²) in [4.78, 5) is 13.5. The van der Waals surface area contributed by atoms with Crippen LogP contribution in [0.3, 0.4) is 0 Å². The van der Waals surface area contributed by atoms with Gasteiger partial charge in [0.05, 0.1) is 6.54 Å². The van der Waals surface area contributed by atoms with Crippen LogP contribution in [0.25, 0.3) is 0 Å². The average Bonchev–Trinajstić information content (AvgIpc) is 2.14. The summed E-state index contributed by atoms with van der Waals surface area (Å²) in [6.07, 6.45) is 0. The van der Waals surface area contributed by atoms with Crippen LogP contribution in [0.2, 0.25) is 0 Å². The summed E-state index contributed by atoms with van der Waals surface area (Å²) >= 11 is 0. The van der Waals surface area contributed by atoms with E-state index in [1.165, 1.54) is 12.1 Å². The Labute approximate surface area is 101 Å². The second-order valence-corrected chi connectivity index (χ2v) is 4.19. The van der Waals surface area contributed by atoms with Crippen LogP contribution in [0.15, 0.2) is 36.4 Å². The highest BCUT2D eigenvalue weighted by molar-refractivity contribution is 5.92. The number of rotatable bonds is 5. The normalized spacial score (nSPS) is 10.4. The number of benzene rings is 1. The topological polar surface area (TPSA) is 32.3 Å². The van der Waals surface area contributed by atoms with Gasteiger partial charge < -0.3 is 5.32 Å². The van der Waals surface area contributed by atoms with Crippen molar-refractivity contribution in [3.8, 4) is 0 Å². The van der Waals surface area contributed by atoms with Crippen molar-refractivity contribution in [2.24, 2.45) is 0 Å². The summed E-state index contributed by atoms with van der Waals surface area (Å²) in [5, 5.41) is 2.64. The van der Waals surface area contributed by atoms with E-state index in [1.54, 1.807) is 12.1 Å². The Morgan fingerprint density at radius 3 is 2.76 bits per heavy atom. The quantitative estimate of drug-likeness (QED) is 0.795. The Hall–Kier alpha value is -1.68. The van der Waals surface area contributed by atoms with E-state index < -0.39 is 0 Å². The lowest BCUT2D eigenvalue weighted by Gasteiger charge is -2.16. The van der Waals surface area contributed by atoms with Gasteiger partial charge in [-0.1, -0.05) is 18.2 Å². The first-order chi connectivity index (χ1) is 7.97. The van der Waals surface area contributed by atoms with Crippen molar-refractivity contribution in [1.29, 1.82) is 0 Å². The van der Waals surface area contributed by atoms with Crippen molar-refractivity contribution in [3.05, 3.63) is 42.2 Å². The molecule has 3 nitrogen and oxygen atoms in total. The van der Waals surface area contributed by atoms with Crippen LogP contribution in [-0.2, 0) is 4.79 Å². The molecule has 0 aromatic heterocycles. The number of nitrogens with one attached hydrogen (secondary N) is 1. The molecule has 0 bridgehead atoms. The minimum absolute atomic E-state index is 0.167. The third kappa shape index (κ3) is 5.26. The number of nitrogens with zero attached hydrogens (tertiary/aromatic N) is 1. The molecule has 0 aliphatic carbocycles. The maximum Gasteiger partial charge on any atom is 0.238 e. The van der Waals surface area contributed by atoms with E-state index in [-0.39, 0.29) is 18.3 Å². The number of carbonyl (C=O) groups is 1. The van der Waals surface area contributed by atoms with Gasteiger partial charge in [-0.25, -0.2) is 4.39 Å². The lowest BCUT2D eigenvalue weighted by molar-refractivity contribution is -0.116. The van der Waals surface area contributed by atoms with Gasteiger partial charge in [0, 0.05) is 12.2 Å². The van der Waals surface area contributed by atoms with Gasteiger partial charge in [-0.15, -0.1) is 0 Å². The molecule has 0 spiro atoms. The molecule has 0 atom stereocenters. The van der Waals surface area contributed by atoms with Gasteiger partial charge in [0.1, 0.15) is 5.82 Å². The molecule has 1 aromatic rings. The zero-order chi connectivity index (χ0) is 12.8. The van der Waals surface area contributed by atoms with Crippen molar-refractivity contribution in [2.45, 2.75) is 6.92 Å². The predicted molar refractivity (Wildman–Crippen MR) is 67.3 cm³/mol. The average molecular weight is 236 g/mol. The lowest BCUT2D eigenvalue weighted by Crippen LogP contribution is -2.31. The van der Waals surface area contributed by atoms with Gasteiger partial charge in [0.15, 0.2) is 0 Å². The van der Waals surface area contributed by atoms with Gasteiger partial charge in [-0.3, -0.25) is 9.69 Å². The summed E-state index contributed by atoms with van der Waals surface area (Å²) in [5.41, 5.74) is 1.46. The molecule has 1 rings (SSSR count). The molecule has 0 aliphatic heterocycles. The first kappa shape index (κ1) is 13.4. The minimum Gasteiger partial charge on any atom is -0.325 e. The van der Waals surface area contributed by atoms with Gasteiger partial charge in [0.2, 0.25) is 5.91 Å². The highest BCUT2D eigenvalue weighted by Crippen LogP contribution is 2.08. The molecule has 0 heterocycles. The first-order valence-corrected chi connectivity index (χ1v) is 5.35. The molecule has 0 unspecified atom stereocenters. The maximum atomic E-state index is 12.9. The molecular weight excluding hydrogens is 219 g/mol. The molecule has 0 aliphatic rings. The standard InChI is InChI=1S/C13H17FN2O/c1-10(2)8-16(3)9-13(17)15-12-6-4-5-11(14)7-12/h4-7H,1,8-9H2,2-3H3,(H,15,17). The van der Waals surface area contributed by atoms with Crippen LogP contribution in [0.4, 0.5) is 10.1 Å². The Bertz CT molecular complexity index is 418. The molecule has 0 radical (unpaired) electrons. The molecule has 0 fully saturated rings. The summed E-state index contributed by atoms with van der Waals surface area (Å²) < 4.78 is 12.9. The predicted octanol–water partition coefficient (Wildman–Crippen LogP) is 2.27. The molecule has 0 saturated heterocycles. The van der Waals surface area contributed by atoms with Crippen LogP contribution in [0.1, 0.15) is 6.92 Å². The van der Waals surface area contributed by atoms with E-state index in [2.05, 4.69) is 11.9 Å². The van der Waals surface area contributed by atoms with Crippen LogP contribution >= 0.6 is 0 Å². The number of hydrogen-bond acceptors (Lipinski definition) is 2. The van der Waals surface area contributed by atoms with Crippen LogP contribution in [0, 0.1) is 5.82 Å². The molecule has 17 heavy (non-hydrogen) atoms. The van der Waals surface area contributed by atoms with Gasteiger partial charge in [-0.2, -0.15) is 0 Å². The highest BCUT2D eigenvalue weighted by atomic mass is 19.1. The van der Waals surface area contributed by atoms with Crippen LogP contribution < -0.4 is 5.32 Å². The monoisotopic (exact) mass is 236 g/mol. The van der Waals surface area contributed by atoms with E-state index in [4.69, 9.17) is 0 Å². The first-order valence-electron chi connectivity index (χ1n) is 5.35. The molecule has 1 aromatic carbocycles. The second-order valence-electron chi connectivity index (χ2n) is 4.19. The summed E-state index contributed by atoms with van der Waals surface area (Å²) in [7, 11) is 1.83. The third-order valence-corrected chi connectivity index (χ3v) is 2.06. The fourth-order valence-electron chi connectivity index (χ4n) is 1.53. The Morgan fingerprint density at radius 2 is 2.18 bits per heavy atom. The molecular formula is C13H17FN2O. The smallest absolute Gasteiger partial charge is 0.238 e. The summed E-state index contributed by atoms with van der Waals surface area (Å²) in [6.45, 7) is 6.60. The molecule has 0 saturated carbocycles. The largest absolute Gasteiger partial charge is 0.325 e. The minimum atomic E-state index is -0.363. The molecule has 92 valence electrons. The fourth-order valence-corrected chi connectivity index (χ4v) is 1.53. The SMILES string of the molecule is C=C(C)CN(C)CC(=O)Nc1cccc(F)c1. The number of anilines is 1. The van der Waals surface area contributed by atoms with E-state index in [0.717, 1.165) is 5.57 Å².